The van der Waals surface area contributed by atoms with Crippen LogP contribution in [0.1, 0.15) is 49.8 Å². The van der Waals surface area contributed by atoms with Crippen LogP contribution in [0.2, 0.25) is 0 Å². The largest absolute Gasteiger partial charge is 0.480 e. The summed E-state index contributed by atoms with van der Waals surface area (Å²) in [5.74, 6) is -2.34. The van der Waals surface area contributed by atoms with Crippen LogP contribution in [0.15, 0.2) is 42.5 Å². The molecule has 0 aromatic heterocycles. The van der Waals surface area contributed by atoms with Gasteiger partial charge in [-0.25, -0.2) is 9.80 Å². The van der Waals surface area contributed by atoms with Crippen LogP contribution in [0.4, 0.5) is 11.4 Å². The fourth-order valence-electron chi connectivity index (χ4n) is 3.92. The Morgan fingerprint density at radius 3 is 2.39 bits per heavy atom. The molecular weight excluding hydrogens is 394 g/mol. The second-order valence-electron chi connectivity index (χ2n) is 7.78. The Kier molecular flexibility index (Phi) is 6.63. The number of hydrogen-bond donors (Lipinski definition) is 2. The lowest BCUT2D eigenvalue weighted by Crippen LogP contribution is -2.42. The summed E-state index contributed by atoms with van der Waals surface area (Å²) in [6, 6.07) is 12.6. The molecule has 1 aliphatic heterocycles. The van der Waals surface area contributed by atoms with E-state index in [0.29, 0.717) is 0 Å². The van der Waals surface area contributed by atoms with E-state index < -0.39 is 17.9 Å². The fraction of sp³-hybridized carbons (Fsp3) is 0.375. The van der Waals surface area contributed by atoms with E-state index in [-0.39, 0.29) is 18.2 Å². The molecule has 1 unspecified atom stereocenters. The van der Waals surface area contributed by atoms with Gasteiger partial charge in [0.2, 0.25) is 5.91 Å². The van der Waals surface area contributed by atoms with Gasteiger partial charge < -0.3 is 10.0 Å². The summed E-state index contributed by atoms with van der Waals surface area (Å²) in [7, 11) is 1.46. The van der Waals surface area contributed by atoms with Crippen molar-refractivity contribution in [2.24, 2.45) is 0 Å². The van der Waals surface area contributed by atoms with Crippen LogP contribution < -0.4 is 10.4 Å². The van der Waals surface area contributed by atoms with Crippen molar-refractivity contribution in [3.05, 3.63) is 59.2 Å². The van der Waals surface area contributed by atoms with Gasteiger partial charge >= 0.3 is 5.97 Å². The number of amides is 2. The lowest BCUT2D eigenvalue weighted by Gasteiger charge is -2.24. The average molecular weight is 424 g/mol. The van der Waals surface area contributed by atoms with E-state index in [4.69, 9.17) is 0 Å². The number of nitrogens with zero attached hydrogens (tertiary/aromatic N) is 2. The summed E-state index contributed by atoms with van der Waals surface area (Å²) in [5, 5.41) is 10.8. The molecule has 2 atom stereocenters. The smallest absolute Gasteiger partial charge is 0.326 e. The first-order valence-corrected chi connectivity index (χ1v) is 10.6. The third-order valence-corrected chi connectivity index (χ3v) is 5.99. The average Bonchev–Trinajstić information content (AvgIpc) is 3.04. The molecule has 0 spiro atoms. The number of likely N-dealkylation sites (N-methyl/N-ethyl adjacent to an activating group) is 1. The van der Waals surface area contributed by atoms with Gasteiger partial charge in [0, 0.05) is 13.5 Å². The van der Waals surface area contributed by atoms with E-state index in [1.807, 2.05) is 49.4 Å². The van der Waals surface area contributed by atoms with E-state index in [0.717, 1.165) is 40.9 Å². The van der Waals surface area contributed by atoms with Crippen LogP contribution in [0.5, 0.6) is 0 Å². The van der Waals surface area contributed by atoms with Crippen molar-refractivity contribution in [1.82, 2.24) is 4.90 Å². The highest BCUT2D eigenvalue weighted by atomic mass is 16.4. The number of rotatable bonds is 8. The summed E-state index contributed by atoms with van der Waals surface area (Å²) in [4.78, 5) is 38.7. The van der Waals surface area contributed by atoms with Crippen LogP contribution in [0, 0.1) is 0 Å². The molecule has 2 N–H and O–H groups in total. The van der Waals surface area contributed by atoms with Crippen LogP contribution >= 0.6 is 0 Å². The van der Waals surface area contributed by atoms with E-state index >= 15 is 0 Å². The molecule has 0 bridgehead atoms. The van der Waals surface area contributed by atoms with Gasteiger partial charge in [0.15, 0.2) is 0 Å². The Hall–Kier alpha value is -3.35. The molecule has 0 aliphatic carbocycles. The minimum atomic E-state index is -1.08. The summed E-state index contributed by atoms with van der Waals surface area (Å²) in [6.45, 7) is 5.53. The number of aryl methyl sites for hydroxylation is 2. The van der Waals surface area contributed by atoms with Crippen LogP contribution in [-0.2, 0) is 27.2 Å². The van der Waals surface area contributed by atoms with Gasteiger partial charge in [-0.2, -0.15) is 0 Å². The molecule has 3 rings (SSSR count). The number of para-hydroxylation sites is 2. The van der Waals surface area contributed by atoms with Crippen LogP contribution in [-0.4, -0.2) is 40.9 Å². The quantitative estimate of drug-likeness (QED) is 0.677. The minimum Gasteiger partial charge on any atom is -0.480 e. The van der Waals surface area contributed by atoms with Crippen molar-refractivity contribution in [3.63, 3.8) is 0 Å². The Labute approximate surface area is 182 Å². The highest BCUT2D eigenvalue weighted by Crippen LogP contribution is 2.42. The Morgan fingerprint density at radius 1 is 1.10 bits per heavy atom. The zero-order valence-corrected chi connectivity index (χ0v) is 18.4. The third kappa shape index (κ3) is 4.26. The number of hydrazine groups is 1. The number of carbonyl (C=O) groups excluding carboxylic acids is 2. The molecular formula is C24H29N3O4. The van der Waals surface area contributed by atoms with Gasteiger partial charge in [0.1, 0.15) is 6.04 Å². The molecule has 7 nitrogen and oxygen atoms in total. The number of carboxylic acids is 1. The monoisotopic (exact) mass is 423 g/mol. The molecule has 164 valence electrons. The van der Waals surface area contributed by atoms with Crippen molar-refractivity contribution >= 4 is 29.2 Å². The SMILES string of the molecule is CCc1ccccc1NN1C(=O)C(CC(=O)N(C)[C@@H](C)C(=O)O)c2cccc(CC)c21. The highest BCUT2D eigenvalue weighted by molar-refractivity contribution is 6.09. The standard InChI is InChI=1S/C24H29N3O4/c1-5-16-10-7-8-13-20(16)25-27-22-17(6-2)11-9-12-18(22)19(23(27)29)14-21(28)26(4)15(3)24(30)31/h7-13,15,19,25H,5-6,14H2,1-4H3,(H,30,31)/t15-,19?/m0/s1. The maximum absolute atomic E-state index is 13.5. The number of hydrogen-bond acceptors (Lipinski definition) is 4. The lowest BCUT2D eigenvalue weighted by molar-refractivity contribution is -0.148. The van der Waals surface area contributed by atoms with E-state index in [1.54, 1.807) is 5.01 Å². The van der Waals surface area contributed by atoms with Gasteiger partial charge in [-0.1, -0.05) is 50.2 Å². The van der Waals surface area contributed by atoms with Crippen molar-refractivity contribution in [1.29, 1.82) is 0 Å². The molecule has 1 aliphatic rings. The normalized spacial score (nSPS) is 16.1. The molecule has 0 radical (unpaired) electrons. The van der Waals surface area contributed by atoms with E-state index in [9.17, 15) is 19.5 Å². The van der Waals surface area contributed by atoms with Crippen molar-refractivity contribution in [3.8, 4) is 0 Å². The molecule has 7 heteroatoms. The molecule has 0 saturated carbocycles. The Morgan fingerprint density at radius 2 is 1.74 bits per heavy atom. The first-order chi connectivity index (χ1) is 14.8. The van der Waals surface area contributed by atoms with Crippen molar-refractivity contribution in [2.45, 2.75) is 52.0 Å². The van der Waals surface area contributed by atoms with Gasteiger partial charge in [-0.05, 0) is 42.5 Å². The number of aliphatic carboxylic acids is 1. The van der Waals surface area contributed by atoms with Crippen LogP contribution in [0.3, 0.4) is 0 Å². The first kappa shape index (κ1) is 22.3. The molecule has 31 heavy (non-hydrogen) atoms. The molecule has 2 amide bonds. The topological polar surface area (TPSA) is 90.0 Å². The summed E-state index contributed by atoms with van der Waals surface area (Å²) < 4.78 is 0. The van der Waals surface area contributed by atoms with Gasteiger partial charge in [0.05, 0.1) is 17.3 Å². The Bertz CT molecular complexity index is 1000. The Balaban J connectivity index is 1.96. The molecule has 2 aromatic carbocycles. The fourth-order valence-corrected chi connectivity index (χ4v) is 3.92. The zero-order valence-electron chi connectivity index (χ0n) is 18.4. The lowest BCUT2D eigenvalue weighted by atomic mass is 9.94. The van der Waals surface area contributed by atoms with Gasteiger partial charge in [-0.15, -0.1) is 0 Å². The van der Waals surface area contributed by atoms with Gasteiger partial charge in [0.25, 0.3) is 5.91 Å². The number of benzene rings is 2. The number of fused-ring (bicyclic) bond motifs is 1. The maximum atomic E-state index is 13.5. The number of carbonyl (C=O) groups is 3. The summed E-state index contributed by atoms with van der Waals surface area (Å²) >= 11 is 0. The summed E-state index contributed by atoms with van der Waals surface area (Å²) in [5.41, 5.74) is 7.79. The molecule has 0 saturated heterocycles. The minimum absolute atomic E-state index is 0.0826. The highest BCUT2D eigenvalue weighted by Gasteiger charge is 2.41. The second-order valence-corrected chi connectivity index (χ2v) is 7.78. The second kappa shape index (κ2) is 9.20. The molecule has 1 heterocycles. The molecule has 2 aromatic rings. The zero-order chi connectivity index (χ0) is 22.7. The van der Waals surface area contributed by atoms with Crippen molar-refractivity contribution < 1.29 is 19.5 Å². The molecule has 0 fully saturated rings. The van der Waals surface area contributed by atoms with E-state index in [1.165, 1.54) is 18.9 Å². The summed E-state index contributed by atoms with van der Waals surface area (Å²) in [6.07, 6.45) is 1.47. The number of anilines is 2. The van der Waals surface area contributed by atoms with E-state index in [2.05, 4.69) is 12.3 Å². The first-order valence-electron chi connectivity index (χ1n) is 10.6. The predicted octanol–water partition coefficient (Wildman–Crippen LogP) is 3.59. The van der Waals surface area contributed by atoms with Crippen LogP contribution in [0.25, 0.3) is 0 Å². The predicted molar refractivity (Wildman–Crippen MR) is 120 cm³/mol. The van der Waals surface area contributed by atoms with Gasteiger partial charge in [-0.3, -0.25) is 15.0 Å². The van der Waals surface area contributed by atoms with Crippen molar-refractivity contribution in [2.75, 3.05) is 17.5 Å². The number of nitrogens with one attached hydrogen (secondary N) is 1. The maximum Gasteiger partial charge on any atom is 0.326 e. The number of carboxylic acid groups (broad SMARTS) is 1. The third-order valence-electron chi connectivity index (χ3n) is 5.99.